The Bertz CT molecular complexity index is 2290. The lowest BCUT2D eigenvalue weighted by atomic mass is 9.75. The molecule has 0 bridgehead atoms. The lowest BCUT2D eigenvalue weighted by Gasteiger charge is -2.51. The number of phenolic OH excluding ortho intramolecular Hbond substituents is 1. The van der Waals surface area contributed by atoms with Crippen LogP contribution in [0.25, 0.3) is 5.57 Å². The second-order valence-corrected chi connectivity index (χ2v) is 13.5. The number of hydrogen-bond acceptors (Lipinski definition) is 5. The van der Waals surface area contributed by atoms with Crippen LogP contribution in [0, 0.1) is 17.1 Å². The smallest absolute Gasteiger partial charge is 0.188 e. The quantitative estimate of drug-likeness (QED) is 0.144. The summed E-state index contributed by atoms with van der Waals surface area (Å²) < 4.78 is 16.4. The van der Waals surface area contributed by atoms with Crippen molar-refractivity contribution in [2.75, 3.05) is 11.6 Å². The maximum absolute atomic E-state index is 16.4. The van der Waals surface area contributed by atoms with E-state index in [2.05, 4.69) is 138 Å². The van der Waals surface area contributed by atoms with Crippen molar-refractivity contribution in [2.24, 2.45) is 0 Å². The van der Waals surface area contributed by atoms with Crippen molar-refractivity contribution in [2.45, 2.75) is 24.9 Å². The van der Waals surface area contributed by atoms with Crippen LogP contribution < -0.4 is 4.90 Å². The van der Waals surface area contributed by atoms with Crippen LogP contribution in [0.2, 0.25) is 0 Å². The predicted octanol–water partition coefficient (Wildman–Crippen LogP) is 10.5. The Morgan fingerprint density at radius 2 is 1.31 bits per heavy atom. The topological polar surface area (TPSA) is 53.7 Å². The number of fused-ring (bicyclic) bond motifs is 1. The molecule has 8 rings (SSSR count). The molecule has 264 valence electrons. The largest absolute Gasteiger partial charge is 0.505 e. The highest BCUT2D eigenvalue weighted by Crippen LogP contribution is 2.50. The van der Waals surface area contributed by atoms with Crippen molar-refractivity contribution in [1.29, 1.82) is 5.26 Å². The molecule has 1 aliphatic heterocycles. The van der Waals surface area contributed by atoms with E-state index in [0.717, 1.165) is 39.0 Å². The van der Waals surface area contributed by atoms with Gasteiger partial charge in [0.25, 0.3) is 0 Å². The van der Waals surface area contributed by atoms with E-state index in [1.807, 2.05) is 54.3 Å². The fourth-order valence-electron chi connectivity index (χ4n) is 7.89. The molecule has 0 saturated heterocycles. The number of phenols is 1. The van der Waals surface area contributed by atoms with E-state index in [4.69, 9.17) is 0 Å². The van der Waals surface area contributed by atoms with Crippen LogP contribution in [-0.4, -0.2) is 27.8 Å². The van der Waals surface area contributed by atoms with Gasteiger partial charge in [-0.3, -0.25) is 5.01 Å². The Morgan fingerprint density at radius 1 is 0.759 bits per heavy atom. The first-order chi connectivity index (χ1) is 26.5. The highest BCUT2D eigenvalue weighted by molar-refractivity contribution is 5.84. The maximum Gasteiger partial charge on any atom is 0.188 e. The molecule has 1 heterocycles. The minimum atomic E-state index is -0.877. The summed E-state index contributed by atoms with van der Waals surface area (Å²) in [5.41, 5.74) is 7.82. The van der Waals surface area contributed by atoms with Crippen molar-refractivity contribution >= 4 is 16.9 Å². The van der Waals surface area contributed by atoms with Crippen LogP contribution in [0.5, 0.6) is 5.75 Å². The second-order valence-electron chi connectivity index (χ2n) is 13.5. The van der Waals surface area contributed by atoms with Gasteiger partial charge in [-0.05, 0) is 76.2 Å². The van der Waals surface area contributed by atoms with Crippen molar-refractivity contribution in [3.8, 4) is 11.8 Å². The molecule has 1 aliphatic carbocycles. The number of benzene rings is 6. The van der Waals surface area contributed by atoms with Gasteiger partial charge in [-0.25, -0.2) is 4.39 Å². The Labute approximate surface area is 316 Å². The lowest BCUT2D eigenvalue weighted by molar-refractivity contribution is -0.0390. The summed E-state index contributed by atoms with van der Waals surface area (Å²) in [6, 6.07) is 54.5. The summed E-state index contributed by atoms with van der Waals surface area (Å²) in [7, 11) is 0. The molecule has 1 unspecified atom stereocenters. The third kappa shape index (κ3) is 6.05. The lowest BCUT2D eigenvalue weighted by Crippen LogP contribution is -2.58. The molecule has 2 aliphatic rings. The van der Waals surface area contributed by atoms with Gasteiger partial charge >= 0.3 is 0 Å². The van der Waals surface area contributed by atoms with Gasteiger partial charge in [0, 0.05) is 17.5 Å². The first kappa shape index (κ1) is 34.4. The predicted molar refractivity (Wildman–Crippen MR) is 214 cm³/mol. The normalized spacial score (nSPS) is 15.3. The van der Waals surface area contributed by atoms with Crippen LogP contribution in [0.3, 0.4) is 0 Å². The number of anilines is 2. The fourth-order valence-corrected chi connectivity index (χ4v) is 7.89. The summed E-state index contributed by atoms with van der Waals surface area (Å²) in [5, 5.41) is 25.2. The van der Waals surface area contributed by atoms with Gasteiger partial charge in [0.05, 0.1) is 23.4 Å². The van der Waals surface area contributed by atoms with E-state index in [9.17, 15) is 10.4 Å². The number of allylic oxidation sites excluding steroid dienone is 2. The van der Waals surface area contributed by atoms with Crippen LogP contribution in [0.4, 0.5) is 15.8 Å². The molecule has 6 heteroatoms. The zero-order valence-electron chi connectivity index (χ0n) is 29.9. The third-order valence-corrected chi connectivity index (χ3v) is 10.4. The fraction of sp³-hybridized carbons (Fsp3) is 0.104. The Balaban J connectivity index is 1.41. The number of aromatic hydroxyl groups is 1. The van der Waals surface area contributed by atoms with Crippen LogP contribution in [-0.2, 0) is 12.0 Å². The van der Waals surface area contributed by atoms with E-state index >= 15 is 4.39 Å². The first-order valence-electron chi connectivity index (χ1n) is 18.2. The summed E-state index contributed by atoms with van der Waals surface area (Å²) in [4.78, 5) is 1.89. The van der Waals surface area contributed by atoms with Crippen LogP contribution in [0.1, 0.15) is 40.3 Å². The molecule has 5 nitrogen and oxygen atoms in total. The summed E-state index contributed by atoms with van der Waals surface area (Å²) >= 11 is 0. The Hall–Kier alpha value is -6.68. The van der Waals surface area contributed by atoms with Crippen LogP contribution in [0.15, 0.2) is 188 Å². The van der Waals surface area contributed by atoms with Gasteiger partial charge in [0.15, 0.2) is 11.6 Å². The molecule has 0 spiro atoms. The molecule has 0 fully saturated rings. The SMILES string of the molecule is CCc1cc(O)c(F)c(N(CN2C=C3C(c4ccccc4)=CC=CC3N2C(c2ccccc2)(c2ccccc2)c2ccccc2)c2ccc(C#N)cc2)c1. The molecule has 0 aromatic heterocycles. The van der Waals surface area contributed by atoms with Crippen molar-refractivity contribution < 1.29 is 9.50 Å². The van der Waals surface area contributed by atoms with E-state index in [-0.39, 0.29) is 18.4 Å². The van der Waals surface area contributed by atoms with E-state index in [0.29, 0.717) is 17.7 Å². The number of nitrogens with zero attached hydrogens (tertiary/aromatic N) is 4. The average molecular weight is 707 g/mol. The minimum absolute atomic E-state index is 0.166. The van der Waals surface area contributed by atoms with Gasteiger partial charge in [0.1, 0.15) is 12.2 Å². The van der Waals surface area contributed by atoms with Crippen molar-refractivity contribution in [1.82, 2.24) is 10.0 Å². The highest BCUT2D eigenvalue weighted by atomic mass is 19.1. The molecule has 0 radical (unpaired) electrons. The third-order valence-electron chi connectivity index (χ3n) is 10.4. The molecular formula is C48H39FN4O. The van der Waals surface area contributed by atoms with E-state index in [1.54, 1.807) is 12.1 Å². The van der Waals surface area contributed by atoms with Gasteiger partial charge in [-0.2, -0.15) is 10.3 Å². The average Bonchev–Trinajstić information content (AvgIpc) is 3.61. The van der Waals surface area contributed by atoms with Gasteiger partial charge in [0.2, 0.25) is 0 Å². The minimum Gasteiger partial charge on any atom is -0.505 e. The second kappa shape index (κ2) is 14.7. The molecule has 6 aromatic carbocycles. The maximum atomic E-state index is 16.4. The van der Waals surface area contributed by atoms with Gasteiger partial charge in [-0.15, -0.1) is 0 Å². The molecule has 1 atom stereocenters. The van der Waals surface area contributed by atoms with E-state index in [1.165, 1.54) is 6.07 Å². The standard InChI is InChI=1S/C48H39FN4O/c1-2-35-30-45(47(49)46(54)31-35)52(41-28-26-36(32-50)27-29-41)34-51-33-43-42(37-16-7-3-8-17-37)24-15-25-44(43)53(51)48(38-18-9-4-10-19-38,39-20-11-5-12-21-39)40-22-13-6-14-23-40/h3-31,33,44,54H,2,34H2,1H3. The molecule has 6 aromatic rings. The molecule has 1 N–H and O–H groups in total. The summed E-state index contributed by atoms with van der Waals surface area (Å²) in [6.45, 7) is 2.15. The van der Waals surface area contributed by atoms with Gasteiger partial charge < -0.3 is 10.0 Å². The zero-order chi connectivity index (χ0) is 37.1. The number of hydrazine groups is 1. The van der Waals surface area contributed by atoms with Gasteiger partial charge in [-0.1, -0.05) is 146 Å². The highest BCUT2D eigenvalue weighted by Gasteiger charge is 2.51. The van der Waals surface area contributed by atoms with Crippen molar-refractivity contribution in [3.05, 3.63) is 227 Å². The first-order valence-corrected chi connectivity index (χ1v) is 18.2. The number of rotatable bonds is 10. The van der Waals surface area contributed by atoms with Crippen LogP contribution >= 0.6 is 0 Å². The Kier molecular flexibility index (Phi) is 9.40. The number of aryl methyl sites for hydroxylation is 1. The summed E-state index contributed by atoms with van der Waals surface area (Å²) in [5.74, 6) is -1.12. The number of halogens is 1. The molecule has 54 heavy (non-hydrogen) atoms. The summed E-state index contributed by atoms with van der Waals surface area (Å²) in [6.07, 6.45) is 9.33. The number of hydrogen-bond donors (Lipinski definition) is 1. The zero-order valence-corrected chi connectivity index (χ0v) is 29.9. The molecular weight excluding hydrogens is 668 g/mol. The van der Waals surface area contributed by atoms with Crippen molar-refractivity contribution in [3.63, 3.8) is 0 Å². The Morgan fingerprint density at radius 3 is 1.85 bits per heavy atom. The molecule has 0 amide bonds. The molecule has 0 saturated carbocycles. The van der Waals surface area contributed by atoms with E-state index < -0.39 is 17.1 Å². The number of nitriles is 1. The monoisotopic (exact) mass is 706 g/mol.